The SMILES string of the molecule is COc1ccc(CN(C(=O)CCc2ccccc2Cl)[C@H](C)C(=O)NC2CCCCC2)cc1. The van der Waals surface area contributed by atoms with E-state index in [1.165, 1.54) is 6.42 Å². The summed E-state index contributed by atoms with van der Waals surface area (Å²) >= 11 is 6.27. The molecule has 5 nitrogen and oxygen atoms in total. The highest BCUT2D eigenvalue weighted by Gasteiger charge is 2.28. The molecule has 0 unspecified atom stereocenters. The Morgan fingerprint density at radius 2 is 1.78 bits per heavy atom. The van der Waals surface area contributed by atoms with E-state index >= 15 is 0 Å². The lowest BCUT2D eigenvalue weighted by Crippen LogP contribution is -2.50. The van der Waals surface area contributed by atoms with Crippen molar-refractivity contribution in [3.05, 3.63) is 64.7 Å². The van der Waals surface area contributed by atoms with Crippen LogP contribution in [-0.4, -0.2) is 35.9 Å². The van der Waals surface area contributed by atoms with E-state index in [1.54, 1.807) is 12.0 Å². The number of aryl methyl sites for hydroxylation is 1. The van der Waals surface area contributed by atoms with Crippen molar-refractivity contribution in [1.82, 2.24) is 10.2 Å². The number of carbonyl (C=O) groups is 2. The summed E-state index contributed by atoms with van der Waals surface area (Å²) in [7, 11) is 1.62. The van der Waals surface area contributed by atoms with Crippen molar-refractivity contribution in [2.75, 3.05) is 7.11 Å². The normalized spacial score (nSPS) is 15.1. The molecule has 1 N–H and O–H groups in total. The standard InChI is InChI=1S/C26H33ClN2O3/c1-19(26(31)28-22-9-4-3-5-10-22)29(18-20-12-15-23(32-2)16-13-20)25(30)17-14-21-8-6-7-11-24(21)27/h6-8,11-13,15-16,19,22H,3-5,9-10,14,17-18H2,1-2H3,(H,28,31)/t19-/m1/s1. The number of halogens is 1. The van der Waals surface area contributed by atoms with Crippen LogP contribution in [0, 0.1) is 0 Å². The number of hydrogen-bond donors (Lipinski definition) is 1. The zero-order valence-electron chi connectivity index (χ0n) is 19.0. The number of benzene rings is 2. The van der Waals surface area contributed by atoms with Gasteiger partial charge in [0.2, 0.25) is 11.8 Å². The maximum Gasteiger partial charge on any atom is 0.242 e. The molecule has 3 rings (SSSR count). The molecule has 0 radical (unpaired) electrons. The molecule has 0 bridgehead atoms. The lowest BCUT2D eigenvalue weighted by atomic mass is 9.95. The molecule has 0 heterocycles. The Balaban J connectivity index is 1.71. The monoisotopic (exact) mass is 456 g/mol. The van der Waals surface area contributed by atoms with E-state index in [9.17, 15) is 9.59 Å². The highest BCUT2D eigenvalue weighted by molar-refractivity contribution is 6.31. The van der Waals surface area contributed by atoms with Crippen LogP contribution < -0.4 is 10.1 Å². The summed E-state index contributed by atoms with van der Waals surface area (Å²) in [5.74, 6) is 0.608. The quantitative estimate of drug-likeness (QED) is 0.567. The minimum Gasteiger partial charge on any atom is -0.497 e. The Labute approximate surface area is 196 Å². The molecular weight excluding hydrogens is 424 g/mol. The van der Waals surface area contributed by atoms with E-state index in [0.717, 1.165) is 42.6 Å². The molecule has 1 fully saturated rings. The molecule has 0 aromatic heterocycles. The van der Waals surface area contributed by atoms with Gasteiger partial charge in [-0.3, -0.25) is 9.59 Å². The van der Waals surface area contributed by atoms with E-state index in [2.05, 4.69) is 5.32 Å². The number of carbonyl (C=O) groups excluding carboxylic acids is 2. The van der Waals surface area contributed by atoms with Crippen LogP contribution in [0.2, 0.25) is 5.02 Å². The Kier molecular flexibility index (Phi) is 8.98. The van der Waals surface area contributed by atoms with Crippen molar-refractivity contribution < 1.29 is 14.3 Å². The van der Waals surface area contributed by atoms with Crippen molar-refractivity contribution in [2.45, 2.75) is 70.5 Å². The first kappa shape index (κ1) is 24.1. The van der Waals surface area contributed by atoms with Crippen molar-refractivity contribution in [2.24, 2.45) is 0 Å². The molecule has 2 aromatic carbocycles. The second-order valence-corrected chi connectivity index (χ2v) is 8.89. The van der Waals surface area contributed by atoms with Gasteiger partial charge in [0.15, 0.2) is 0 Å². The van der Waals surface area contributed by atoms with Crippen LogP contribution in [0.5, 0.6) is 5.75 Å². The second-order valence-electron chi connectivity index (χ2n) is 8.48. The van der Waals surface area contributed by atoms with Gasteiger partial charge in [0.25, 0.3) is 0 Å². The van der Waals surface area contributed by atoms with Crippen LogP contribution in [0.1, 0.15) is 56.6 Å². The fourth-order valence-corrected chi connectivity index (χ4v) is 4.40. The molecule has 1 saturated carbocycles. The minimum atomic E-state index is -0.558. The highest BCUT2D eigenvalue weighted by Crippen LogP contribution is 2.21. The zero-order chi connectivity index (χ0) is 22.9. The van der Waals surface area contributed by atoms with Gasteiger partial charge in [-0.15, -0.1) is 0 Å². The fourth-order valence-electron chi connectivity index (χ4n) is 4.17. The van der Waals surface area contributed by atoms with Crippen LogP contribution in [0.4, 0.5) is 0 Å². The summed E-state index contributed by atoms with van der Waals surface area (Å²) in [6.45, 7) is 2.18. The van der Waals surface area contributed by atoms with E-state index in [1.807, 2.05) is 55.5 Å². The third kappa shape index (κ3) is 6.73. The molecule has 0 spiro atoms. The fraction of sp³-hybridized carbons (Fsp3) is 0.462. The van der Waals surface area contributed by atoms with Crippen LogP contribution in [0.3, 0.4) is 0 Å². The Morgan fingerprint density at radius 1 is 1.09 bits per heavy atom. The smallest absolute Gasteiger partial charge is 0.242 e. The first-order valence-corrected chi connectivity index (χ1v) is 11.8. The predicted molar refractivity (Wildman–Crippen MR) is 128 cm³/mol. The Bertz CT molecular complexity index is 894. The van der Waals surface area contributed by atoms with Gasteiger partial charge in [-0.1, -0.05) is 61.2 Å². The first-order valence-electron chi connectivity index (χ1n) is 11.4. The van der Waals surface area contributed by atoms with Gasteiger partial charge in [0.1, 0.15) is 11.8 Å². The molecule has 32 heavy (non-hydrogen) atoms. The maximum atomic E-state index is 13.3. The molecular formula is C26H33ClN2O3. The van der Waals surface area contributed by atoms with Gasteiger partial charge in [-0.2, -0.15) is 0 Å². The molecule has 1 aliphatic carbocycles. The van der Waals surface area contributed by atoms with Crippen LogP contribution in [0.15, 0.2) is 48.5 Å². The predicted octanol–water partition coefficient (Wildman–Crippen LogP) is 5.15. The highest BCUT2D eigenvalue weighted by atomic mass is 35.5. The molecule has 2 aromatic rings. The summed E-state index contributed by atoms with van der Waals surface area (Å²) in [6, 6.07) is 14.8. The van der Waals surface area contributed by atoms with E-state index < -0.39 is 6.04 Å². The van der Waals surface area contributed by atoms with Crippen molar-refractivity contribution in [3.8, 4) is 5.75 Å². The molecule has 6 heteroatoms. The van der Waals surface area contributed by atoms with E-state index in [-0.39, 0.29) is 17.9 Å². The summed E-state index contributed by atoms with van der Waals surface area (Å²) in [6.07, 6.45) is 6.37. The molecule has 1 atom stereocenters. The van der Waals surface area contributed by atoms with Gasteiger partial charge in [-0.25, -0.2) is 0 Å². The van der Waals surface area contributed by atoms with E-state index in [4.69, 9.17) is 16.3 Å². The Morgan fingerprint density at radius 3 is 2.44 bits per heavy atom. The second kappa shape index (κ2) is 11.9. The van der Waals surface area contributed by atoms with Crippen molar-refractivity contribution in [3.63, 3.8) is 0 Å². The first-order chi connectivity index (χ1) is 15.5. The molecule has 172 valence electrons. The van der Waals surface area contributed by atoms with Crippen molar-refractivity contribution >= 4 is 23.4 Å². The van der Waals surface area contributed by atoms with Crippen LogP contribution in [-0.2, 0) is 22.6 Å². The van der Waals surface area contributed by atoms with Crippen molar-refractivity contribution in [1.29, 1.82) is 0 Å². The van der Waals surface area contributed by atoms with E-state index in [0.29, 0.717) is 24.4 Å². The van der Waals surface area contributed by atoms with Gasteiger partial charge < -0.3 is 15.0 Å². The van der Waals surface area contributed by atoms with Crippen LogP contribution >= 0.6 is 11.6 Å². The number of nitrogens with zero attached hydrogens (tertiary/aromatic N) is 1. The summed E-state index contributed by atoms with van der Waals surface area (Å²) in [5, 5.41) is 3.82. The van der Waals surface area contributed by atoms with Gasteiger partial charge in [0.05, 0.1) is 7.11 Å². The number of methoxy groups -OCH3 is 1. The third-order valence-electron chi connectivity index (χ3n) is 6.20. The van der Waals surface area contributed by atoms with Gasteiger partial charge >= 0.3 is 0 Å². The molecule has 0 saturated heterocycles. The summed E-state index contributed by atoms with van der Waals surface area (Å²) < 4.78 is 5.23. The Hall–Kier alpha value is -2.53. The molecule has 0 aliphatic heterocycles. The largest absolute Gasteiger partial charge is 0.497 e. The number of hydrogen-bond acceptors (Lipinski definition) is 3. The number of nitrogens with one attached hydrogen (secondary N) is 1. The summed E-state index contributed by atoms with van der Waals surface area (Å²) in [4.78, 5) is 28.0. The third-order valence-corrected chi connectivity index (χ3v) is 6.57. The zero-order valence-corrected chi connectivity index (χ0v) is 19.7. The average Bonchev–Trinajstić information content (AvgIpc) is 2.82. The molecule has 1 aliphatic rings. The molecule has 2 amide bonds. The number of rotatable bonds is 9. The topological polar surface area (TPSA) is 58.6 Å². The maximum absolute atomic E-state index is 13.3. The minimum absolute atomic E-state index is 0.0629. The summed E-state index contributed by atoms with van der Waals surface area (Å²) in [5.41, 5.74) is 1.89. The number of amides is 2. The van der Waals surface area contributed by atoms with Gasteiger partial charge in [-0.05, 0) is 55.5 Å². The lowest BCUT2D eigenvalue weighted by Gasteiger charge is -2.31. The average molecular weight is 457 g/mol. The van der Waals surface area contributed by atoms with Gasteiger partial charge in [0, 0.05) is 24.0 Å². The lowest BCUT2D eigenvalue weighted by molar-refractivity contribution is -0.141. The van der Waals surface area contributed by atoms with Crippen LogP contribution in [0.25, 0.3) is 0 Å². The number of ether oxygens (including phenoxy) is 1.